The fraction of sp³-hybridized carbons (Fsp3) is 0.600. The maximum atomic E-state index is 6.47. The topological polar surface area (TPSA) is 35.2 Å². The van der Waals surface area contributed by atoms with Crippen molar-refractivity contribution in [1.29, 1.82) is 0 Å². The summed E-state index contributed by atoms with van der Waals surface area (Å²) in [4.78, 5) is 0. The summed E-state index contributed by atoms with van der Waals surface area (Å²) in [5.74, 6) is 0. The first-order chi connectivity index (χ1) is 8.68. The fourth-order valence-corrected chi connectivity index (χ4v) is 3.07. The van der Waals surface area contributed by atoms with Gasteiger partial charge in [0.25, 0.3) is 0 Å². The predicted octanol–water partition coefficient (Wildman–Crippen LogP) is 4.08. The zero-order valence-electron chi connectivity index (χ0n) is 11.0. The van der Waals surface area contributed by atoms with Gasteiger partial charge in [0.1, 0.15) is 0 Å². The van der Waals surface area contributed by atoms with E-state index in [0.29, 0.717) is 0 Å². The van der Waals surface area contributed by atoms with Crippen LogP contribution in [-0.2, 0) is 4.74 Å². The number of methoxy groups -OCH3 is 1. The second kappa shape index (κ2) is 6.05. The van der Waals surface area contributed by atoms with Crippen LogP contribution in [0, 0.1) is 0 Å². The largest absolute Gasteiger partial charge is 0.376 e. The Morgan fingerprint density at radius 3 is 2.17 bits per heavy atom. The summed E-state index contributed by atoms with van der Waals surface area (Å²) in [6, 6.07) is 7.75. The molecule has 1 aromatic carbocycles. The summed E-state index contributed by atoms with van der Waals surface area (Å²) in [6.45, 7) is 0. The Morgan fingerprint density at radius 1 is 1.11 bits per heavy atom. The summed E-state index contributed by atoms with van der Waals surface area (Å²) >= 11 is 5.92. The van der Waals surface area contributed by atoms with E-state index in [1.807, 2.05) is 24.3 Å². The van der Waals surface area contributed by atoms with Gasteiger partial charge < -0.3 is 10.5 Å². The van der Waals surface area contributed by atoms with Crippen molar-refractivity contribution in [2.75, 3.05) is 7.11 Å². The first-order valence-electron chi connectivity index (χ1n) is 6.74. The van der Waals surface area contributed by atoms with Gasteiger partial charge in [0, 0.05) is 12.1 Å². The van der Waals surface area contributed by atoms with Crippen molar-refractivity contribution in [1.82, 2.24) is 0 Å². The van der Waals surface area contributed by atoms with Gasteiger partial charge in [0.2, 0.25) is 0 Å². The third kappa shape index (κ3) is 2.87. The van der Waals surface area contributed by atoms with E-state index in [9.17, 15) is 0 Å². The van der Waals surface area contributed by atoms with E-state index in [0.717, 1.165) is 23.4 Å². The molecule has 2 nitrogen and oxygen atoms in total. The third-order valence-electron chi connectivity index (χ3n) is 4.15. The lowest BCUT2D eigenvalue weighted by molar-refractivity contribution is -0.0442. The maximum absolute atomic E-state index is 6.47. The lowest BCUT2D eigenvalue weighted by atomic mass is 9.83. The normalized spacial score (nSPS) is 21.3. The Morgan fingerprint density at radius 2 is 1.67 bits per heavy atom. The van der Waals surface area contributed by atoms with Crippen molar-refractivity contribution in [3.8, 4) is 0 Å². The van der Waals surface area contributed by atoms with Crippen LogP contribution < -0.4 is 5.73 Å². The maximum Gasteiger partial charge on any atom is 0.0870 e. The lowest BCUT2D eigenvalue weighted by Gasteiger charge is -2.37. The molecule has 0 heterocycles. The third-order valence-corrected chi connectivity index (χ3v) is 4.40. The number of rotatable bonds is 3. The molecule has 0 saturated heterocycles. The van der Waals surface area contributed by atoms with E-state index in [2.05, 4.69) is 0 Å². The number of hydrogen-bond donors (Lipinski definition) is 1. The molecule has 0 radical (unpaired) electrons. The van der Waals surface area contributed by atoms with Crippen LogP contribution in [0.25, 0.3) is 0 Å². The van der Waals surface area contributed by atoms with Gasteiger partial charge in [-0.15, -0.1) is 0 Å². The minimum Gasteiger partial charge on any atom is -0.376 e. The Labute approximate surface area is 114 Å². The molecule has 18 heavy (non-hydrogen) atoms. The molecule has 0 amide bonds. The molecule has 0 spiro atoms. The van der Waals surface area contributed by atoms with Gasteiger partial charge in [-0.05, 0) is 30.5 Å². The molecule has 0 aliphatic heterocycles. The van der Waals surface area contributed by atoms with Crippen LogP contribution in [0.1, 0.15) is 50.1 Å². The Hall–Kier alpha value is -0.570. The molecule has 1 unspecified atom stereocenters. The number of halogens is 1. The first kappa shape index (κ1) is 13.9. The van der Waals surface area contributed by atoms with Gasteiger partial charge >= 0.3 is 0 Å². The molecule has 3 heteroatoms. The Balaban J connectivity index is 2.22. The Bertz CT molecular complexity index is 369. The van der Waals surface area contributed by atoms with Crippen molar-refractivity contribution >= 4 is 11.6 Å². The highest BCUT2D eigenvalue weighted by molar-refractivity contribution is 6.30. The summed E-state index contributed by atoms with van der Waals surface area (Å²) in [5, 5.41) is 0.748. The van der Waals surface area contributed by atoms with Gasteiger partial charge in [-0.25, -0.2) is 0 Å². The fourth-order valence-electron chi connectivity index (χ4n) is 2.94. The smallest absolute Gasteiger partial charge is 0.0870 e. The van der Waals surface area contributed by atoms with Crippen LogP contribution in [0.2, 0.25) is 5.02 Å². The second-order valence-corrected chi connectivity index (χ2v) is 5.65. The van der Waals surface area contributed by atoms with Crippen LogP contribution in [0.15, 0.2) is 24.3 Å². The van der Waals surface area contributed by atoms with Crippen molar-refractivity contribution in [2.24, 2.45) is 5.73 Å². The highest BCUT2D eigenvalue weighted by Gasteiger charge is 2.37. The zero-order valence-corrected chi connectivity index (χ0v) is 11.7. The average Bonchev–Trinajstić information content (AvgIpc) is 2.65. The van der Waals surface area contributed by atoms with E-state index in [1.165, 1.54) is 25.7 Å². The standard InChI is InChI=1S/C15H22ClNO/c1-18-15(10-4-2-3-5-11-15)14(17)12-6-8-13(16)9-7-12/h6-9,14H,2-5,10-11,17H2,1H3. The SMILES string of the molecule is COC1(C(N)c2ccc(Cl)cc2)CCCCCC1. The molecule has 1 aliphatic carbocycles. The van der Waals surface area contributed by atoms with Crippen LogP contribution in [0.3, 0.4) is 0 Å². The molecule has 1 fully saturated rings. The van der Waals surface area contributed by atoms with Gasteiger partial charge in [0.05, 0.1) is 11.6 Å². The monoisotopic (exact) mass is 267 g/mol. The Kier molecular flexibility index (Phi) is 4.66. The van der Waals surface area contributed by atoms with Crippen LogP contribution >= 0.6 is 11.6 Å². The summed E-state index contributed by atoms with van der Waals surface area (Å²) in [5.41, 5.74) is 7.38. The quantitative estimate of drug-likeness (QED) is 0.838. The molecule has 0 aromatic heterocycles. The molecule has 100 valence electrons. The van der Waals surface area contributed by atoms with Gasteiger partial charge in [-0.2, -0.15) is 0 Å². The molecule has 1 saturated carbocycles. The lowest BCUT2D eigenvalue weighted by Crippen LogP contribution is -2.42. The van der Waals surface area contributed by atoms with Crippen molar-refractivity contribution in [2.45, 2.75) is 50.2 Å². The zero-order chi connectivity index (χ0) is 13.0. The van der Waals surface area contributed by atoms with E-state index < -0.39 is 0 Å². The minimum atomic E-state index is -0.204. The molecule has 2 N–H and O–H groups in total. The van der Waals surface area contributed by atoms with E-state index in [1.54, 1.807) is 7.11 Å². The average molecular weight is 268 g/mol. The molecular weight excluding hydrogens is 246 g/mol. The van der Waals surface area contributed by atoms with E-state index >= 15 is 0 Å². The van der Waals surface area contributed by atoms with Crippen molar-refractivity contribution < 1.29 is 4.74 Å². The molecule has 0 bridgehead atoms. The van der Waals surface area contributed by atoms with E-state index in [-0.39, 0.29) is 11.6 Å². The molecule has 1 aliphatic rings. The molecule has 2 rings (SSSR count). The molecule has 1 aromatic rings. The highest BCUT2D eigenvalue weighted by Crippen LogP contribution is 2.38. The minimum absolute atomic E-state index is 0.0714. The van der Waals surface area contributed by atoms with Gasteiger partial charge in [-0.1, -0.05) is 49.4 Å². The number of ether oxygens (including phenoxy) is 1. The number of nitrogens with two attached hydrogens (primary N) is 1. The first-order valence-corrected chi connectivity index (χ1v) is 7.12. The molecule has 1 atom stereocenters. The van der Waals surface area contributed by atoms with E-state index in [4.69, 9.17) is 22.1 Å². The van der Waals surface area contributed by atoms with Crippen LogP contribution in [0.5, 0.6) is 0 Å². The summed E-state index contributed by atoms with van der Waals surface area (Å²) in [6.07, 6.45) is 7.09. The summed E-state index contributed by atoms with van der Waals surface area (Å²) in [7, 11) is 1.79. The van der Waals surface area contributed by atoms with Crippen molar-refractivity contribution in [3.63, 3.8) is 0 Å². The van der Waals surface area contributed by atoms with Crippen molar-refractivity contribution in [3.05, 3.63) is 34.9 Å². The van der Waals surface area contributed by atoms with Gasteiger partial charge in [-0.3, -0.25) is 0 Å². The predicted molar refractivity (Wildman–Crippen MR) is 75.8 cm³/mol. The van der Waals surface area contributed by atoms with Gasteiger partial charge in [0.15, 0.2) is 0 Å². The number of benzene rings is 1. The van der Waals surface area contributed by atoms with Crippen LogP contribution in [-0.4, -0.2) is 12.7 Å². The second-order valence-electron chi connectivity index (χ2n) is 5.21. The van der Waals surface area contributed by atoms with Crippen LogP contribution in [0.4, 0.5) is 0 Å². The number of hydrogen-bond acceptors (Lipinski definition) is 2. The highest BCUT2D eigenvalue weighted by atomic mass is 35.5. The summed E-state index contributed by atoms with van der Waals surface area (Å²) < 4.78 is 5.85. The molecular formula is C15H22ClNO.